The van der Waals surface area contributed by atoms with Gasteiger partial charge < -0.3 is 9.64 Å². The minimum atomic E-state index is -0.310. The van der Waals surface area contributed by atoms with Crippen molar-refractivity contribution in [2.45, 2.75) is 13.0 Å². The molecule has 1 heterocycles. The molecule has 4 nitrogen and oxygen atoms in total. The zero-order valence-corrected chi connectivity index (χ0v) is 12.6. The zero-order chi connectivity index (χ0) is 15.7. The summed E-state index contributed by atoms with van der Waals surface area (Å²) in [6.07, 6.45) is 0.169. The van der Waals surface area contributed by atoms with Crippen LogP contribution >= 0.6 is 0 Å². The predicted octanol–water partition coefficient (Wildman–Crippen LogP) is 2.58. The number of ketones is 1. The molecular weight excluding hydrogens is 278 g/mol. The van der Waals surface area contributed by atoms with Crippen LogP contribution in [0.4, 0.5) is 5.69 Å². The number of benzene rings is 2. The van der Waals surface area contributed by atoms with Gasteiger partial charge in [0, 0.05) is 30.4 Å². The normalized spacial score (nSPS) is 13.2. The molecule has 1 aliphatic rings. The number of hydrogen-bond acceptors (Lipinski definition) is 4. The highest BCUT2D eigenvalue weighted by molar-refractivity contribution is 6.14. The molecule has 0 spiro atoms. The maximum absolute atomic E-state index is 12.8. The topological polar surface area (TPSA) is 46.6 Å². The van der Waals surface area contributed by atoms with E-state index in [0.29, 0.717) is 12.1 Å². The summed E-state index contributed by atoms with van der Waals surface area (Å²) in [5, 5.41) is 0. The molecule has 0 aromatic heterocycles. The van der Waals surface area contributed by atoms with Crippen LogP contribution in [0.25, 0.3) is 0 Å². The molecule has 0 aliphatic carbocycles. The van der Waals surface area contributed by atoms with E-state index >= 15 is 0 Å². The van der Waals surface area contributed by atoms with E-state index in [-0.39, 0.29) is 18.2 Å². The number of methoxy groups -OCH3 is 1. The minimum Gasteiger partial charge on any atom is -0.469 e. The Kier molecular flexibility index (Phi) is 3.67. The van der Waals surface area contributed by atoms with Gasteiger partial charge in [-0.25, -0.2) is 0 Å². The monoisotopic (exact) mass is 295 g/mol. The largest absolute Gasteiger partial charge is 0.469 e. The van der Waals surface area contributed by atoms with E-state index in [1.807, 2.05) is 43.4 Å². The molecule has 0 N–H and O–H groups in total. The third-order valence-electron chi connectivity index (χ3n) is 3.96. The SMILES string of the molecule is COC(=O)Cc1ccc2c(c1)C(=O)c1ccccc1CN2C. The molecule has 2 aromatic rings. The van der Waals surface area contributed by atoms with Gasteiger partial charge in [0.25, 0.3) is 0 Å². The molecule has 0 saturated heterocycles. The van der Waals surface area contributed by atoms with Gasteiger partial charge in [0.05, 0.1) is 13.5 Å². The Morgan fingerprint density at radius 1 is 1.18 bits per heavy atom. The molecule has 0 saturated carbocycles. The second kappa shape index (κ2) is 5.64. The van der Waals surface area contributed by atoms with Crippen molar-refractivity contribution in [1.29, 1.82) is 0 Å². The molecule has 3 rings (SSSR count). The highest BCUT2D eigenvalue weighted by Gasteiger charge is 2.24. The van der Waals surface area contributed by atoms with Gasteiger partial charge in [-0.2, -0.15) is 0 Å². The number of rotatable bonds is 2. The lowest BCUT2D eigenvalue weighted by atomic mass is 9.97. The van der Waals surface area contributed by atoms with Crippen molar-refractivity contribution in [3.63, 3.8) is 0 Å². The van der Waals surface area contributed by atoms with Gasteiger partial charge in [-0.15, -0.1) is 0 Å². The Balaban J connectivity index is 2.08. The van der Waals surface area contributed by atoms with Gasteiger partial charge in [-0.3, -0.25) is 9.59 Å². The number of ether oxygens (including phenoxy) is 1. The van der Waals surface area contributed by atoms with E-state index in [1.165, 1.54) is 7.11 Å². The van der Waals surface area contributed by atoms with Crippen LogP contribution in [-0.2, 0) is 22.5 Å². The van der Waals surface area contributed by atoms with Gasteiger partial charge in [-0.05, 0) is 23.3 Å². The van der Waals surface area contributed by atoms with E-state index in [9.17, 15) is 9.59 Å². The van der Waals surface area contributed by atoms with Crippen molar-refractivity contribution >= 4 is 17.4 Å². The van der Waals surface area contributed by atoms with E-state index < -0.39 is 0 Å². The molecule has 0 unspecified atom stereocenters. The molecule has 2 aromatic carbocycles. The third-order valence-corrected chi connectivity index (χ3v) is 3.96. The number of carbonyl (C=O) groups excluding carboxylic acids is 2. The smallest absolute Gasteiger partial charge is 0.309 e. The van der Waals surface area contributed by atoms with Crippen LogP contribution in [0.3, 0.4) is 0 Å². The predicted molar refractivity (Wildman–Crippen MR) is 84.1 cm³/mol. The Labute approximate surface area is 129 Å². The molecule has 0 amide bonds. The third kappa shape index (κ3) is 2.48. The van der Waals surface area contributed by atoms with Crippen molar-refractivity contribution < 1.29 is 14.3 Å². The van der Waals surface area contributed by atoms with Crippen LogP contribution in [0.1, 0.15) is 27.0 Å². The van der Waals surface area contributed by atoms with E-state index in [0.717, 1.165) is 22.4 Å². The summed E-state index contributed by atoms with van der Waals surface area (Å²) in [6.45, 7) is 0.686. The number of hydrogen-bond donors (Lipinski definition) is 0. The summed E-state index contributed by atoms with van der Waals surface area (Å²) < 4.78 is 4.69. The number of anilines is 1. The lowest BCUT2D eigenvalue weighted by Gasteiger charge is -2.19. The minimum absolute atomic E-state index is 0.00154. The molecule has 0 bridgehead atoms. The van der Waals surface area contributed by atoms with Gasteiger partial charge in [-0.1, -0.05) is 30.3 Å². The second-order valence-electron chi connectivity index (χ2n) is 5.45. The highest BCUT2D eigenvalue weighted by Crippen LogP contribution is 2.30. The number of esters is 1. The summed E-state index contributed by atoms with van der Waals surface area (Å²) in [5.41, 5.74) is 4.04. The van der Waals surface area contributed by atoms with Crippen molar-refractivity contribution in [2.24, 2.45) is 0 Å². The Hall–Kier alpha value is -2.62. The van der Waals surface area contributed by atoms with Gasteiger partial charge in [0.1, 0.15) is 0 Å². The zero-order valence-electron chi connectivity index (χ0n) is 12.6. The average molecular weight is 295 g/mol. The first-order valence-corrected chi connectivity index (χ1v) is 7.13. The first-order chi connectivity index (χ1) is 10.6. The molecule has 22 heavy (non-hydrogen) atoms. The maximum Gasteiger partial charge on any atom is 0.309 e. The summed E-state index contributed by atoms with van der Waals surface area (Å²) in [6, 6.07) is 13.2. The van der Waals surface area contributed by atoms with Crippen molar-refractivity contribution in [3.05, 3.63) is 64.7 Å². The highest BCUT2D eigenvalue weighted by atomic mass is 16.5. The van der Waals surface area contributed by atoms with E-state index in [1.54, 1.807) is 6.07 Å². The fourth-order valence-corrected chi connectivity index (χ4v) is 2.81. The molecule has 1 aliphatic heterocycles. The van der Waals surface area contributed by atoms with Crippen LogP contribution in [0.2, 0.25) is 0 Å². The summed E-state index contributed by atoms with van der Waals surface area (Å²) >= 11 is 0. The van der Waals surface area contributed by atoms with Crippen LogP contribution in [0, 0.1) is 0 Å². The van der Waals surface area contributed by atoms with Gasteiger partial charge in [0.15, 0.2) is 5.78 Å². The van der Waals surface area contributed by atoms with Crippen LogP contribution in [0.15, 0.2) is 42.5 Å². The van der Waals surface area contributed by atoms with Crippen molar-refractivity contribution in [3.8, 4) is 0 Å². The average Bonchev–Trinajstić information content (AvgIpc) is 2.63. The quantitative estimate of drug-likeness (QED) is 0.799. The van der Waals surface area contributed by atoms with E-state index in [2.05, 4.69) is 4.90 Å². The van der Waals surface area contributed by atoms with Gasteiger partial charge >= 0.3 is 5.97 Å². The number of fused-ring (bicyclic) bond motifs is 2. The first kappa shape index (κ1) is 14.3. The van der Waals surface area contributed by atoms with E-state index in [4.69, 9.17) is 4.74 Å². The van der Waals surface area contributed by atoms with Crippen molar-refractivity contribution in [1.82, 2.24) is 0 Å². The van der Waals surface area contributed by atoms with Crippen LogP contribution < -0.4 is 4.90 Å². The first-order valence-electron chi connectivity index (χ1n) is 7.13. The second-order valence-corrected chi connectivity index (χ2v) is 5.45. The lowest BCUT2D eigenvalue weighted by molar-refractivity contribution is -0.139. The molecule has 112 valence electrons. The molecule has 0 radical (unpaired) electrons. The Morgan fingerprint density at radius 2 is 1.95 bits per heavy atom. The summed E-state index contributed by atoms with van der Waals surface area (Å²) in [5.74, 6) is -0.309. The van der Waals surface area contributed by atoms with Crippen LogP contribution in [-0.4, -0.2) is 25.9 Å². The summed E-state index contributed by atoms with van der Waals surface area (Å²) in [4.78, 5) is 26.3. The van der Waals surface area contributed by atoms with Gasteiger partial charge in [0.2, 0.25) is 0 Å². The molecular formula is C18H17NO3. The number of carbonyl (C=O) groups is 2. The molecule has 4 heteroatoms. The molecule has 0 atom stereocenters. The summed E-state index contributed by atoms with van der Waals surface area (Å²) in [7, 11) is 3.33. The lowest BCUT2D eigenvalue weighted by Crippen LogP contribution is -2.16. The standard InChI is InChI=1S/C18H17NO3/c1-19-11-13-5-3-4-6-14(13)18(21)15-9-12(7-8-16(15)19)10-17(20)22-2/h3-9H,10-11H2,1-2H3. The number of nitrogens with zero attached hydrogens (tertiary/aromatic N) is 1. The Bertz CT molecular complexity index is 752. The fraction of sp³-hybridized carbons (Fsp3) is 0.222. The fourth-order valence-electron chi connectivity index (χ4n) is 2.81. The maximum atomic E-state index is 12.8. The molecule has 0 fully saturated rings. The van der Waals surface area contributed by atoms with Crippen molar-refractivity contribution in [2.75, 3.05) is 19.1 Å². The Morgan fingerprint density at radius 3 is 2.73 bits per heavy atom. The van der Waals surface area contributed by atoms with Crippen LogP contribution in [0.5, 0.6) is 0 Å².